The highest BCUT2D eigenvalue weighted by Crippen LogP contribution is 2.15. The molecule has 0 aromatic carbocycles. The summed E-state index contributed by atoms with van der Waals surface area (Å²) in [4.78, 5) is 20.7. The first kappa shape index (κ1) is 15.1. The number of rotatable bonds is 2. The summed E-state index contributed by atoms with van der Waals surface area (Å²) in [5.74, 6) is 1.79. The van der Waals surface area contributed by atoms with E-state index in [1.54, 1.807) is 7.05 Å². The Bertz CT molecular complexity index is 350. The predicted octanol–water partition coefficient (Wildman–Crippen LogP) is 1.31. The maximum Gasteiger partial charge on any atom is 0.241 e. The lowest BCUT2D eigenvalue weighted by atomic mass is 10.0. The van der Waals surface area contributed by atoms with Gasteiger partial charge in [-0.25, -0.2) is 0 Å². The zero-order chi connectivity index (χ0) is 14.4. The van der Waals surface area contributed by atoms with E-state index in [0.717, 1.165) is 45.0 Å². The van der Waals surface area contributed by atoms with E-state index in [4.69, 9.17) is 0 Å². The number of likely N-dealkylation sites (tertiary alicyclic amines) is 2. The molecule has 2 saturated heterocycles. The first-order chi connectivity index (χ1) is 9.70. The summed E-state index contributed by atoms with van der Waals surface area (Å²) in [6, 6.07) is 0. The summed E-state index contributed by atoms with van der Waals surface area (Å²) in [6.45, 7) is 6.56. The van der Waals surface area contributed by atoms with E-state index in [1.807, 2.05) is 4.90 Å². The summed E-state index contributed by atoms with van der Waals surface area (Å²) in [7, 11) is 1.80. The average molecular weight is 280 g/mol. The number of guanidine groups is 1. The quantitative estimate of drug-likeness (QED) is 0.613. The van der Waals surface area contributed by atoms with E-state index < -0.39 is 0 Å². The van der Waals surface area contributed by atoms with Crippen molar-refractivity contribution in [1.82, 2.24) is 15.1 Å². The van der Waals surface area contributed by atoms with Gasteiger partial charge in [0.05, 0.1) is 6.54 Å². The van der Waals surface area contributed by atoms with Gasteiger partial charge in [-0.15, -0.1) is 0 Å². The highest BCUT2D eigenvalue weighted by Gasteiger charge is 2.21. The Kier molecular flexibility index (Phi) is 5.68. The van der Waals surface area contributed by atoms with Crippen LogP contribution in [0.5, 0.6) is 0 Å². The van der Waals surface area contributed by atoms with Crippen molar-refractivity contribution in [3.05, 3.63) is 0 Å². The normalized spacial score (nSPS) is 24.7. The molecule has 2 heterocycles. The summed E-state index contributed by atoms with van der Waals surface area (Å²) < 4.78 is 0. The van der Waals surface area contributed by atoms with Gasteiger partial charge in [-0.1, -0.05) is 6.92 Å². The van der Waals surface area contributed by atoms with Gasteiger partial charge < -0.3 is 15.1 Å². The van der Waals surface area contributed by atoms with Gasteiger partial charge in [0.1, 0.15) is 0 Å². The molecule has 2 aliphatic rings. The Morgan fingerprint density at radius 2 is 1.85 bits per heavy atom. The van der Waals surface area contributed by atoms with Gasteiger partial charge in [0.25, 0.3) is 0 Å². The van der Waals surface area contributed by atoms with Crippen LogP contribution in [0.25, 0.3) is 0 Å². The third-order valence-electron chi connectivity index (χ3n) is 4.27. The number of nitrogens with one attached hydrogen (secondary N) is 1. The molecule has 114 valence electrons. The molecule has 2 fully saturated rings. The second-order valence-electron chi connectivity index (χ2n) is 6.04. The molecule has 1 unspecified atom stereocenters. The third-order valence-corrected chi connectivity index (χ3v) is 4.27. The summed E-state index contributed by atoms with van der Waals surface area (Å²) in [5, 5.41) is 3.24. The first-order valence-electron chi connectivity index (χ1n) is 7.94. The summed E-state index contributed by atoms with van der Waals surface area (Å²) >= 11 is 0. The van der Waals surface area contributed by atoms with E-state index in [9.17, 15) is 4.79 Å². The molecular formula is C15H28N4O. The van der Waals surface area contributed by atoms with Crippen molar-refractivity contribution in [1.29, 1.82) is 0 Å². The number of hydrogen-bond acceptors (Lipinski definition) is 2. The smallest absolute Gasteiger partial charge is 0.241 e. The van der Waals surface area contributed by atoms with Gasteiger partial charge >= 0.3 is 0 Å². The minimum Gasteiger partial charge on any atom is -0.347 e. The van der Waals surface area contributed by atoms with Crippen LogP contribution in [0, 0.1) is 5.92 Å². The van der Waals surface area contributed by atoms with E-state index in [0.29, 0.717) is 12.5 Å². The highest BCUT2D eigenvalue weighted by atomic mass is 16.2. The van der Waals surface area contributed by atoms with Crippen molar-refractivity contribution in [2.45, 2.75) is 39.0 Å². The molecule has 0 bridgehead atoms. The van der Waals surface area contributed by atoms with Crippen LogP contribution in [0.2, 0.25) is 0 Å². The Morgan fingerprint density at radius 1 is 1.15 bits per heavy atom. The molecule has 0 spiro atoms. The Morgan fingerprint density at radius 3 is 2.50 bits per heavy atom. The predicted molar refractivity (Wildman–Crippen MR) is 81.8 cm³/mol. The van der Waals surface area contributed by atoms with E-state index in [1.165, 1.54) is 19.3 Å². The maximum absolute atomic E-state index is 12.2. The highest BCUT2D eigenvalue weighted by molar-refractivity contribution is 5.86. The lowest BCUT2D eigenvalue weighted by Crippen LogP contribution is -2.49. The molecule has 1 N–H and O–H groups in total. The van der Waals surface area contributed by atoms with Gasteiger partial charge in [-0.05, 0) is 38.0 Å². The number of hydrogen-bond donors (Lipinski definition) is 1. The molecule has 2 aliphatic heterocycles. The van der Waals surface area contributed by atoms with Crippen LogP contribution in [0.1, 0.15) is 39.0 Å². The molecule has 20 heavy (non-hydrogen) atoms. The van der Waals surface area contributed by atoms with Gasteiger partial charge in [-0.2, -0.15) is 0 Å². The molecule has 0 aliphatic carbocycles. The number of carbonyl (C=O) groups is 1. The first-order valence-corrected chi connectivity index (χ1v) is 7.94. The zero-order valence-corrected chi connectivity index (χ0v) is 12.9. The lowest BCUT2D eigenvalue weighted by Gasteiger charge is -2.34. The molecule has 5 nitrogen and oxygen atoms in total. The van der Waals surface area contributed by atoms with Crippen LogP contribution >= 0.6 is 0 Å². The second kappa shape index (κ2) is 7.50. The van der Waals surface area contributed by atoms with Gasteiger partial charge in [-0.3, -0.25) is 9.79 Å². The van der Waals surface area contributed by atoms with Crippen molar-refractivity contribution in [3.8, 4) is 0 Å². The molecule has 1 atom stereocenters. The fraction of sp³-hybridized carbons (Fsp3) is 0.867. The zero-order valence-electron chi connectivity index (χ0n) is 12.9. The molecule has 0 radical (unpaired) electrons. The Balaban J connectivity index is 1.79. The number of nitrogens with zero attached hydrogens (tertiary/aromatic N) is 3. The topological polar surface area (TPSA) is 47.9 Å². The van der Waals surface area contributed by atoms with Crippen LogP contribution in [-0.2, 0) is 4.79 Å². The van der Waals surface area contributed by atoms with Crippen LogP contribution in [0.15, 0.2) is 4.99 Å². The standard InChI is InChI=1S/C15H28N4O/c1-13-7-6-10-19(12-13)15(16-2)17-11-14(20)18-8-4-3-5-9-18/h13H,3-12H2,1-2H3,(H,16,17). The maximum atomic E-state index is 12.2. The summed E-state index contributed by atoms with van der Waals surface area (Å²) in [6.07, 6.45) is 6.04. The average Bonchev–Trinajstić information content (AvgIpc) is 2.48. The van der Waals surface area contributed by atoms with Crippen molar-refractivity contribution in [2.75, 3.05) is 39.8 Å². The fourth-order valence-electron chi connectivity index (χ4n) is 3.12. The summed E-state index contributed by atoms with van der Waals surface area (Å²) in [5.41, 5.74) is 0. The minimum absolute atomic E-state index is 0.205. The molecular weight excluding hydrogens is 252 g/mol. The largest absolute Gasteiger partial charge is 0.347 e. The van der Waals surface area contributed by atoms with Gasteiger partial charge in [0, 0.05) is 33.2 Å². The van der Waals surface area contributed by atoms with Crippen LogP contribution in [0.4, 0.5) is 0 Å². The van der Waals surface area contributed by atoms with Crippen molar-refractivity contribution >= 4 is 11.9 Å². The number of aliphatic imine (C=N–C) groups is 1. The molecule has 0 saturated carbocycles. The van der Waals surface area contributed by atoms with Crippen molar-refractivity contribution in [3.63, 3.8) is 0 Å². The molecule has 1 amide bonds. The van der Waals surface area contributed by atoms with E-state index in [-0.39, 0.29) is 5.91 Å². The van der Waals surface area contributed by atoms with Crippen LogP contribution in [-0.4, -0.2) is 61.4 Å². The van der Waals surface area contributed by atoms with E-state index in [2.05, 4.69) is 22.1 Å². The Hall–Kier alpha value is -1.26. The molecule has 0 aromatic heterocycles. The van der Waals surface area contributed by atoms with Crippen LogP contribution < -0.4 is 5.32 Å². The second-order valence-corrected chi connectivity index (χ2v) is 6.04. The minimum atomic E-state index is 0.205. The van der Waals surface area contributed by atoms with Crippen molar-refractivity contribution < 1.29 is 4.79 Å². The van der Waals surface area contributed by atoms with Gasteiger partial charge in [0.15, 0.2) is 5.96 Å². The lowest BCUT2D eigenvalue weighted by molar-refractivity contribution is -0.130. The fourth-order valence-corrected chi connectivity index (χ4v) is 3.12. The van der Waals surface area contributed by atoms with Gasteiger partial charge in [0.2, 0.25) is 5.91 Å². The Labute approximate surface area is 122 Å². The van der Waals surface area contributed by atoms with E-state index >= 15 is 0 Å². The third kappa shape index (κ3) is 4.12. The molecule has 2 rings (SSSR count). The van der Waals surface area contributed by atoms with Crippen LogP contribution in [0.3, 0.4) is 0 Å². The number of amides is 1. The molecule has 5 heteroatoms. The SMILES string of the molecule is CN=C(NCC(=O)N1CCCCC1)N1CCCC(C)C1. The monoisotopic (exact) mass is 280 g/mol. The number of piperidine rings is 2. The molecule has 0 aromatic rings. The number of carbonyl (C=O) groups excluding carboxylic acids is 1. The van der Waals surface area contributed by atoms with Crippen molar-refractivity contribution in [2.24, 2.45) is 10.9 Å².